The number of morpholine rings is 1. The molecule has 1 heterocycles. The molecule has 0 aliphatic carbocycles. The van der Waals surface area contributed by atoms with Crippen molar-refractivity contribution in [2.75, 3.05) is 33.4 Å². The molecular weight excluding hydrogens is 363 g/mol. The van der Waals surface area contributed by atoms with E-state index in [1.807, 2.05) is 25.1 Å². The minimum atomic E-state index is -0.292. The number of benzene rings is 2. The van der Waals surface area contributed by atoms with Crippen molar-refractivity contribution in [1.82, 2.24) is 10.2 Å². The topological polar surface area (TPSA) is 60.0 Å². The lowest BCUT2D eigenvalue weighted by molar-refractivity contribution is -0.0155. The third-order valence-electron chi connectivity index (χ3n) is 4.57. The maximum absolute atomic E-state index is 13.1. The van der Waals surface area contributed by atoms with E-state index in [2.05, 4.69) is 5.32 Å². The maximum Gasteiger partial charge on any atom is 0.317 e. The number of carbonyl (C=O) groups excluding carboxylic acids is 1. The predicted octanol–water partition coefficient (Wildman–Crippen LogP) is 3.52. The second-order valence-electron chi connectivity index (χ2n) is 6.43. The molecule has 2 aromatic carbocycles. The normalized spacial score (nSPS) is 16.5. The number of halogens is 1. The van der Waals surface area contributed by atoms with Gasteiger partial charge < -0.3 is 24.4 Å². The van der Waals surface area contributed by atoms with Gasteiger partial charge in [-0.05, 0) is 42.3 Å². The predicted molar refractivity (Wildman–Crippen MR) is 103 cm³/mol. The van der Waals surface area contributed by atoms with Crippen molar-refractivity contribution in [2.45, 2.75) is 19.6 Å². The van der Waals surface area contributed by atoms with Crippen LogP contribution >= 0.6 is 0 Å². The van der Waals surface area contributed by atoms with E-state index < -0.39 is 0 Å². The molecule has 1 N–H and O–H groups in total. The number of hydrogen-bond acceptors (Lipinski definition) is 4. The van der Waals surface area contributed by atoms with Crippen molar-refractivity contribution in [3.63, 3.8) is 0 Å². The molecule has 2 aromatic rings. The number of amides is 2. The van der Waals surface area contributed by atoms with E-state index in [-0.39, 0.29) is 18.0 Å². The lowest BCUT2D eigenvalue weighted by Gasteiger charge is -2.33. The largest absolute Gasteiger partial charge is 0.493 e. The van der Waals surface area contributed by atoms with Gasteiger partial charge in [0, 0.05) is 13.1 Å². The number of rotatable bonds is 6. The van der Waals surface area contributed by atoms with Crippen molar-refractivity contribution in [1.29, 1.82) is 0 Å². The first-order valence-corrected chi connectivity index (χ1v) is 9.30. The second kappa shape index (κ2) is 9.41. The summed E-state index contributed by atoms with van der Waals surface area (Å²) in [6.07, 6.45) is -0.259. The molecule has 3 rings (SSSR count). The summed E-state index contributed by atoms with van der Waals surface area (Å²) >= 11 is 0. The highest BCUT2D eigenvalue weighted by atomic mass is 19.1. The zero-order valence-electron chi connectivity index (χ0n) is 16.1. The van der Waals surface area contributed by atoms with Gasteiger partial charge in [-0.3, -0.25) is 0 Å². The number of nitrogens with zero attached hydrogens (tertiary/aromatic N) is 1. The summed E-state index contributed by atoms with van der Waals surface area (Å²) in [6.45, 7) is 4.21. The van der Waals surface area contributed by atoms with Crippen molar-refractivity contribution >= 4 is 6.03 Å². The van der Waals surface area contributed by atoms with Crippen LogP contribution in [0.1, 0.15) is 24.2 Å². The van der Waals surface area contributed by atoms with Gasteiger partial charge in [0.05, 0.1) is 26.9 Å². The molecule has 1 aliphatic rings. The lowest BCUT2D eigenvalue weighted by Crippen LogP contribution is -2.46. The van der Waals surface area contributed by atoms with Crippen LogP contribution in [0.15, 0.2) is 42.5 Å². The molecule has 1 atom stereocenters. The van der Waals surface area contributed by atoms with E-state index in [1.165, 1.54) is 12.1 Å². The summed E-state index contributed by atoms with van der Waals surface area (Å²) in [7, 11) is 1.59. The summed E-state index contributed by atoms with van der Waals surface area (Å²) < 4.78 is 29.7. The van der Waals surface area contributed by atoms with Crippen LogP contribution in [0, 0.1) is 5.82 Å². The van der Waals surface area contributed by atoms with Crippen LogP contribution in [0.4, 0.5) is 9.18 Å². The lowest BCUT2D eigenvalue weighted by atomic mass is 10.1. The van der Waals surface area contributed by atoms with Gasteiger partial charge >= 0.3 is 6.03 Å². The quantitative estimate of drug-likeness (QED) is 0.823. The maximum atomic E-state index is 13.1. The van der Waals surface area contributed by atoms with Crippen molar-refractivity contribution in [3.8, 4) is 11.5 Å². The van der Waals surface area contributed by atoms with Gasteiger partial charge in [-0.1, -0.05) is 18.2 Å². The van der Waals surface area contributed by atoms with Crippen LogP contribution in [-0.2, 0) is 11.3 Å². The van der Waals surface area contributed by atoms with Gasteiger partial charge in [0.15, 0.2) is 11.5 Å². The Morgan fingerprint density at radius 3 is 2.75 bits per heavy atom. The minimum Gasteiger partial charge on any atom is -0.493 e. The number of methoxy groups -OCH3 is 1. The molecule has 28 heavy (non-hydrogen) atoms. The van der Waals surface area contributed by atoms with Crippen molar-refractivity contribution in [3.05, 3.63) is 59.4 Å². The Hall–Kier alpha value is -2.80. The Bertz CT molecular complexity index is 797. The summed E-state index contributed by atoms with van der Waals surface area (Å²) in [6, 6.07) is 11.6. The summed E-state index contributed by atoms with van der Waals surface area (Å²) in [5.74, 6) is 1.02. The first-order valence-electron chi connectivity index (χ1n) is 9.30. The van der Waals surface area contributed by atoms with Gasteiger partial charge in [0.25, 0.3) is 0 Å². The Morgan fingerprint density at radius 2 is 2.04 bits per heavy atom. The molecule has 1 fully saturated rings. The summed E-state index contributed by atoms with van der Waals surface area (Å²) in [5, 5.41) is 2.93. The highest BCUT2D eigenvalue weighted by Gasteiger charge is 2.25. The molecule has 6 nitrogen and oxygen atoms in total. The van der Waals surface area contributed by atoms with Crippen LogP contribution < -0.4 is 14.8 Å². The molecule has 1 unspecified atom stereocenters. The Labute approximate surface area is 164 Å². The first-order chi connectivity index (χ1) is 13.6. The van der Waals surface area contributed by atoms with E-state index in [4.69, 9.17) is 14.2 Å². The van der Waals surface area contributed by atoms with E-state index >= 15 is 0 Å². The van der Waals surface area contributed by atoms with Crippen molar-refractivity contribution in [2.24, 2.45) is 0 Å². The van der Waals surface area contributed by atoms with Crippen LogP contribution in [-0.4, -0.2) is 44.3 Å². The fourth-order valence-electron chi connectivity index (χ4n) is 3.10. The highest BCUT2D eigenvalue weighted by Crippen LogP contribution is 2.28. The number of hydrogen-bond donors (Lipinski definition) is 1. The van der Waals surface area contributed by atoms with Crippen molar-refractivity contribution < 1.29 is 23.4 Å². The molecule has 1 saturated heterocycles. The standard InChI is InChI=1S/C21H25FN2O4/c1-3-27-18-9-4-15(12-19(18)26-2)13-23-21(25)24-10-11-28-20(14-24)16-5-7-17(22)8-6-16/h4-9,12,20H,3,10-11,13-14H2,1-2H3,(H,23,25). The number of urea groups is 1. The van der Waals surface area contributed by atoms with Gasteiger partial charge in [0.1, 0.15) is 11.9 Å². The summed E-state index contributed by atoms with van der Waals surface area (Å²) in [5.41, 5.74) is 1.77. The molecule has 2 amide bonds. The number of nitrogens with one attached hydrogen (secondary N) is 1. The van der Waals surface area contributed by atoms with E-state index in [1.54, 1.807) is 24.1 Å². The molecule has 0 saturated carbocycles. The van der Waals surface area contributed by atoms with E-state index in [9.17, 15) is 9.18 Å². The first kappa shape index (κ1) is 19.9. The molecule has 0 bridgehead atoms. The minimum absolute atomic E-state index is 0.164. The van der Waals surface area contributed by atoms with Gasteiger partial charge in [-0.25, -0.2) is 9.18 Å². The fraction of sp³-hybridized carbons (Fsp3) is 0.381. The van der Waals surface area contributed by atoms with Crippen LogP contribution in [0.25, 0.3) is 0 Å². The Balaban J connectivity index is 1.57. The third kappa shape index (κ3) is 4.92. The van der Waals surface area contributed by atoms with E-state index in [0.29, 0.717) is 44.3 Å². The smallest absolute Gasteiger partial charge is 0.317 e. The highest BCUT2D eigenvalue weighted by molar-refractivity contribution is 5.74. The molecule has 150 valence electrons. The average molecular weight is 388 g/mol. The molecule has 0 spiro atoms. The molecule has 0 radical (unpaired) electrons. The number of carbonyl (C=O) groups is 1. The second-order valence-corrected chi connectivity index (χ2v) is 6.43. The SMILES string of the molecule is CCOc1ccc(CNC(=O)N2CCOC(c3ccc(F)cc3)C2)cc1OC. The van der Waals surface area contributed by atoms with Crippen LogP contribution in [0.2, 0.25) is 0 Å². The zero-order valence-corrected chi connectivity index (χ0v) is 16.1. The monoisotopic (exact) mass is 388 g/mol. The Morgan fingerprint density at radius 1 is 1.25 bits per heavy atom. The fourth-order valence-corrected chi connectivity index (χ4v) is 3.10. The summed E-state index contributed by atoms with van der Waals surface area (Å²) in [4.78, 5) is 14.3. The van der Waals surface area contributed by atoms with Gasteiger partial charge in [0.2, 0.25) is 0 Å². The average Bonchev–Trinajstić information content (AvgIpc) is 2.73. The molecule has 0 aromatic heterocycles. The number of ether oxygens (including phenoxy) is 3. The van der Waals surface area contributed by atoms with Crippen LogP contribution in [0.5, 0.6) is 11.5 Å². The molecular formula is C21H25FN2O4. The third-order valence-corrected chi connectivity index (χ3v) is 4.57. The van der Waals surface area contributed by atoms with E-state index in [0.717, 1.165) is 11.1 Å². The molecule has 1 aliphatic heterocycles. The van der Waals surface area contributed by atoms with Crippen LogP contribution in [0.3, 0.4) is 0 Å². The van der Waals surface area contributed by atoms with Gasteiger partial charge in [-0.15, -0.1) is 0 Å². The zero-order chi connectivity index (χ0) is 19.9. The van der Waals surface area contributed by atoms with Gasteiger partial charge in [-0.2, -0.15) is 0 Å². The Kier molecular flexibility index (Phi) is 6.71. The molecule has 7 heteroatoms.